The molecule has 0 bridgehead atoms. The number of piperidine rings is 1. The third kappa shape index (κ3) is 3.63. The summed E-state index contributed by atoms with van der Waals surface area (Å²) in [5.74, 6) is -2.29. The fraction of sp³-hybridized carbons (Fsp3) is 0.917. The summed E-state index contributed by atoms with van der Waals surface area (Å²) in [7, 11) is 0. The second-order valence-electron chi connectivity index (χ2n) is 5.43. The summed E-state index contributed by atoms with van der Waals surface area (Å²) in [5.41, 5.74) is 0. The molecule has 1 saturated carbocycles. The van der Waals surface area contributed by atoms with Crippen molar-refractivity contribution in [1.82, 2.24) is 10.2 Å². The highest BCUT2D eigenvalue weighted by Gasteiger charge is 2.45. The number of halogens is 2. The molecule has 1 aliphatic heterocycles. The van der Waals surface area contributed by atoms with E-state index in [1.165, 1.54) is 6.92 Å². The van der Waals surface area contributed by atoms with E-state index in [2.05, 4.69) is 10.2 Å². The molecule has 2 rings (SSSR count). The summed E-state index contributed by atoms with van der Waals surface area (Å²) in [6, 6.07) is 0.196. The number of hydrogen-bond donors (Lipinski definition) is 1. The fourth-order valence-electron chi connectivity index (χ4n) is 2.91. The Bertz CT molecular complexity index is 288. The maximum absolute atomic E-state index is 12.7. The van der Waals surface area contributed by atoms with E-state index >= 15 is 0 Å². The zero-order valence-electron chi connectivity index (χ0n) is 10.2. The van der Waals surface area contributed by atoms with Crippen molar-refractivity contribution in [2.75, 3.05) is 19.6 Å². The molecule has 0 aromatic heterocycles. The normalized spacial score (nSPS) is 29.7. The maximum Gasteiger partial charge on any atom is 0.248 e. The Morgan fingerprint density at radius 3 is 2.76 bits per heavy atom. The van der Waals surface area contributed by atoms with Crippen molar-refractivity contribution in [3.63, 3.8) is 0 Å². The van der Waals surface area contributed by atoms with E-state index in [9.17, 15) is 13.6 Å². The average molecular weight is 246 g/mol. The van der Waals surface area contributed by atoms with Crippen molar-refractivity contribution in [1.29, 1.82) is 0 Å². The predicted octanol–water partition coefficient (Wildman–Crippen LogP) is 1.63. The van der Waals surface area contributed by atoms with Gasteiger partial charge >= 0.3 is 0 Å². The highest BCUT2D eigenvalue weighted by molar-refractivity contribution is 5.73. The minimum Gasteiger partial charge on any atom is -0.352 e. The van der Waals surface area contributed by atoms with Gasteiger partial charge in [0.25, 0.3) is 0 Å². The zero-order valence-corrected chi connectivity index (χ0v) is 10.2. The van der Waals surface area contributed by atoms with Crippen molar-refractivity contribution < 1.29 is 13.6 Å². The Labute approximate surface area is 101 Å². The highest BCUT2D eigenvalue weighted by atomic mass is 19.3. The third-order valence-electron chi connectivity index (χ3n) is 3.60. The average Bonchev–Trinajstić information content (AvgIpc) is 2.14. The molecule has 0 aromatic rings. The standard InChI is InChI=1S/C12H20F2N2O/c1-9(17)15-11-3-2-4-16(8-11)7-10-5-12(13,14)6-10/h10-11H,2-8H2,1H3,(H,15,17). The van der Waals surface area contributed by atoms with Crippen LogP contribution in [0.15, 0.2) is 0 Å². The van der Waals surface area contributed by atoms with Crippen LogP contribution < -0.4 is 5.32 Å². The number of carbonyl (C=O) groups is 1. The Hall–Kier alpha value is -0.710. The summed E-state index contributed by atoms with van der Waals surface area (Å²) in [6.45, 7) is 4.05. The van der Waals surface area contributed by atoms with Crippen molar-refractivity contribution >= 4 is 5.91 Å². The predicted molar refractivity (Wildman–Crippen MR) is 60.9 cm³/mol. The molecule has 17 heavy (non-hydrogen) atoms. The number of rotatable bonds is 3. The van der Waals surface area contributed by atoms with Gasteiger partial charge in [0.15, 0.2) is 0 Å². The van der Waals surface area contributed by atoms with Crippen LogP contribution in [0, 0.1) is 5.92 Å². The van der Waals surface area contributed by atoms with E-state index in [4.69, 9.17) is 0 Å². The second kappa shape index (κ2) is 4.88. The molecule has 1 N–H and O–H groups in total. The van der Waals surface area contributed by atoms with Gasteiger partial charge in [0, 0.05) is 38.9 Å². The first kappa shape index (κ1) is 12.7. The summed E-state index contributed by atoms with van der Waals surface area (Å²) in [4.78, 5) is 13.2. The van der Waals surface area contributed by atoms with E-state index in [1.54, 1.807) is 0 Å². The van der Waals surface area contributed by atoms with Crippen molar-refractivity contribution in [2.24, 2.45) is 5.92 Å². The van der Waals surface area contributed by atoms with Gasteiger partial charge in [0.05, 0.1) is 0 Å². The van der Waals surface area contributed by atoms with Gasteiger partial charge in [-0.2, -0.15) is 0 Å². The Morgan fingerprint density at radius 1 is 1.47 bits per heavy atom. The Balaban J connectivity index is 1.72. The van der Waals surface area contributed by atoms with Gasteiger partial charge in [0.1, 0.15) is 0 Å². The molecule has 1 atom stereocenters. The Morgan fingerprint density at radius 2 is 2.18 bits per heavy atom. The van der Waals surface area contributed by atoms with Gasteiger partial charge in [0.2, 0.25) is 11.8 Å². The molecular weight excluding hydrogens is 226 g/mol. The van der Waals surface area contributed by atoms with Gasteiger partial charge in [-0.3, -0.25) is 4.79 Å². The second-order valence-corrected chi connectivity index (χ2v) is 5.43. The molecule has 1 heterocycles. The van der Waals surface area contributed by atoms with Crippen LogP contribution in [-0.2, 0) is 4.79 Å². The molecule has 1 aliphatic carbocycles. The molecule has 0 radical (unpaired) electrons. The fourth-order valence-corrected chi connectivity index (χ4v) is 2.91. The topological polar surface area (TPSA) is 32.3 Å². The van der Waals surface area contributed by atoms with Crippen LogP contribution in [0.3, 0.4) is 0 Å². The van der Waals surface area contributed by atoms with Gasteiger partial charge in [-0.15, -0.1) is 0 Å². The molecular formula is C12H20F2N2O. The molecule has 1 unspecified atom stereocenters. The van der Waals surface area contributed by atoms with Crippen LogP contribution in [0.2, 0.25) is 0 Å². The van der Waals surface area contributed by atoms with Crippen molar-refractivity contribution in [2.45, 2.75) is 44.6 Å². The SMILES string of the molecule is CC(=O)NC1CCCN(CC2CC(F)(F)C2)C1. The molecule has 1 amide bonds. The summed E-state index contributed by atoms with van der Waals surface area (Å²) < 4.78 is 25.4. The lowest BCUT2D eigenvalue weighted by molar-refractivity contribution is -0.121. The van der Waals surface area contributed by atoms with E-state index < -0.39 is 5.92 Å². The minimum atomic E-state index is -2.42. The Kier molecular flexibility index (Phi) is 3.66. The van der Waals surface area contributed by atoms with E-state index in [-0.39, 0.29) is 30.7 Å². The number of likely N-dealkylation sites (tertiary alicyclic amines) is 1. The quantitative estimate of drug-likeness (QED) is 0.821. The van der Waals surface area contributed by atoms with E-state index in [1.807, 2.05) is 0 Å². The maximum atomic E-state index is 12.7. The lowest BCUT2D eigenvalue weighted by atomic mass is 9.80. The molecule has 0 aromatic carbocycles. The van der Waals surface area contributed by atoms with Crippen molar-refractivity contribution in [3.05, 3.63) is 0 Å². The monoisotopic (exact) mass is 246 g/mol. The van der Waals surface area contributed by atoms with E-state index in [0.29, 0.717) is 0 Å². The zero-order chi connectivity index (χ0) is 12.5. The van der Waals surface area contributed by atoms with Crippen molar-refractivity contribution in [3.8, 4) is 0 Å². The van der Waals surface area contributed by atoms with Crippen LogP contribution in [-0.4, -0.2) is 42.4 Å². The molecule has 2 fully saturated rings. The summed E-state index contributed by atoms with van der Waals surface area (Å²) in [5, 5.41) is 2.91. The smallest absolute Gasteiger partial charge is 0.248 e. The van der Waals surface area contributed by atoms with Gasteiger partial charge in [-0.05, 0) is 25.3 Å². The van der Waals surface area contributed by atoms with Gasteiger partial charge in [-0.1, -0.05) is 0 Å². The van der Waals surface area contributed by atoms with Crippen LogP contribution >= 0.6 is 0 Å². The third-order valence-corrected chi connectivity index (χ3v) is 3.60. The molecule has 3 nitrogen and oxygen atoms in total. The summed E-state index contributed by atoms with van der Waals surface area (Å²) >= 11 is 0. The number of hydrogen-bond acceptors (Lipinski definition) is 2. The number of alkyl halides is 2. The first-order valence-electron chi connectivity index (χ1n) is 6.32. The number of nitrogens with one attached hydrogen (secondary N) is 1. The minimum absolute atomic E-state index is 0.00738. The van der Waals surface area contributed by atoms with Crippen LogP contribution in [0.25, 0.3) is 0 Å². The number of amides is 1. The lowest BCUT2D eigenvalue weighted by Gasteiger charge is -2.40. The molecule has 1 saturated heterocycles. The lowest BCUT2D eigenvalue weighted by Crippen LogP contribution is -2.50. The number of carbonyl (C=O) groups excluding carboxylic acids is 1. The molecule has 2 aliphatic rings. The van der Waals surface area contributed by atoms with Gasteiger partial charge < -0.3 is 10.2 Å². The summed E-state index contributed by atoms with van der Waals surface area (Å²) in [6.07, 6.45) is 2.10. The molecule has 5 heteroatoms. The van der Waals surface area contributed by atoms with Crippen LogP contribution in [0.1, 0.15) is 32.6 Å². The highest BCUT2D eigenvalue weighted by Crippen LogP contribution is 2.42. The van der Waals surface area contributed by atoms with E-state index in [0.717, 1.165) is 32.5 Å². The van der Waals surface area contributed by atoms with Crippen LogP contribution in [0.5, 0.6) is 0 Å². The number of nitrogens with zero attached hydrogens (tertiary/aromatic N) is 1. The largest absolute Gasteiger partial charge is 0.352 e. The first-order chi connectivity index (χ1) is 7.94. The van der Waals surface area contributed by atoms with Gasteiger partial charge in [-0.25, -0.2) is 8.78 Å². The first-order valence-corrected chi connectivity index (χ1v) is 6.32. The molecule has 0 spiro atoms. The molecule has 98 valence electrons. The van der Waals surface area contributed by atoms with Crippen LogP contribution in [0.4, 0.5) is 8.78 Å².